The van der Waals surface area contributed by atoms with Crippen molar-refractivity contribution in [3.05, 3.63) is 36.4 Å². The van der Waals surface area contributed by atoms with Crippen molar-refractivity contribution in [3.8, 4) is 0 Å². The second-order valence-electron chi connectivity index (χ2n) is 9.29. The quantitative estimate of drug-likeness (QED) is 0.669. The van der Waals surface area contributed by atoms with Gasteiger partial charge in [-0.05, 0) is 67.9 Å². The Bertz CT molecular complexity index is 1150. The number of pyridine rings is 2. The van der Waals surface area contributed by atoms with Crippen molar-refractivity contribution < 1.29 is 8.42 Å². The van der Waals surface area contributed by atoms with E-state index in [2.05, 4.69) is 27.9 Å². The number of nitrogens with zero attached hydrogens (tertiary/aromatic N) is 3. The summed E-state index contributed by atoms with van der Waals surface area (Å²) in [4.78, 5) is 12.2. The summed E-state index contributed by atoms with van der Waals surface area (Å²) in [5, 5.41) is 3.46. The molecule has 1 N–H and O–H groups in total. The minimum absolute atomic E-state index is 0.264. The van der Waals surface area contributed by atoms with E-state index in [0.29, 0.717) is 30.7 Å². The highest BCUT2D eigenvalue weighted by Gasteiger charge is 2.32. The van der Waals surface area contributed by atoms with Gasteiger partial charge in [-0.3, -0.25) is 4.98 Å². The highest BCUT2D eigenvalue weighted by atomic mass is 32.2. The number of hydrogen-bond donors (Lipinski definition) is 1. The molecule has 6 nitrogen and oxygen atoms in total. The first-order valence-electron chi connectivity index (χ1n) is 11.2. The molecule has 2 fully saturated rings. The van der Waals surface area contributed by atoms with Gasteiger partial charge in [-0.15, -0.1) is 0 Å². The van der Waals surface area contributed by atoms with Crippen LogP contribution in [-0.2, 0) is 10.0 Å². The highest BCUT2D eigenvalue weighted by Crippen LogP contribution is 2.40. The Labute approximate surface area is 178 Å². The molecular formula is C23H30N4O2S. The van der Waals surface area contributed by atoms with Gasteiger partial charge < -0.3 is 4.98 Å². The maximum Gasteiger partial charge on any atom is 0.214 e. The molecule has 1 aliphatic heterocycles. The minimum Gasteiger partial charge on any atom is -0.346 e. The molecule has 160 valence electrons. The summed E-state index contributed by atoms with van der Waals surface area (Å²) in [6.07, 6.45) is 13.8. The molecule has 7 heteroatoms. The molecule has 1 aliphatic carbocycles. The van der Waals surface area contributed by atoms with E-state index in [9.17, 15) is 8.42 Å². The lowest BCUT2D eigenvalue weighted by Gasteiger charge is -2.33. The highest BCUT2D eigenvalue weighted by molar-refractivity contribution is 7.89. The molecule has 1 saturated heterocycles. The van der Waals surface area contributed by atoms with Crippen LogP contribution in [0.15, 0.2) is 30.9 Å². The van der Waals surface area contributed by atoms with Gasteiger partial charge in [-0.1, -0.05) is 6.92 Å². The first kappa shape index (κ1) is 19.9. The average molecular weight is 427 g/mol. The van der Waals surface area contributed by atoms with Crippen LogP contribution in [0.3, 0.4) is 0 Å². The van der Waals surface area contributed by atoms with Gasteiger partial charge in [0.2, 0.25) is 10.0 Å². The Hall–Kier alpha value is -1.99. The number of aromatic amines is 1. The maximum absolute atomic E-state index is 12.9. The summed E-state index contributed by atoms with van der Waals surface area (Å²) < 4.78 is 27.6. The molecule has 0 aromatic carbocycles. The third-order valence-corrected chi connectivity index (χ3v) is 9.09. The van der Waals surface area contributed by atoms with Crippen LogP contribution in [0.2, 0.25) is 0 Å². The monoisotopic (exact) mass is 426 g/mol. The molecule has 3 aromatic rings. The van der Waals surface area contributed by atoms with Crippen LogP contribution in [0.5, 0.6) is 0 Å². The first-order chi connectivity index (χ1) is 14.5. The number of sulfonamides is 1. The smallest absolute Gasteiger partial charge is 0.214 e. The molecule has 4 heterocycles. The van der Waals surface area contributed by atoms with Crippen LogP contribution in [0.1, 0.15) is 56.9 Å². The molecule has 30 heavy (non-hydrogen) atoms. The van der Waals surface area contributed by atoms with Crippen LogP contribution in [0.4, 0.5) is 0 Å². The number of nitrogens with one attached hydrogen (secondary N) is 1. The summed E-state index contributed by atoms with van der Waals surface area (Å²) in [6, 6.07) is 2.09. The van der Waals surface area contributed by atoms with Crippen LogP contribution in [0.25, 0.3) is 21.8 Å². The Morgan fingerprint density at radius 1 is 1.13 bits per heavy atom. The molecule has 1 atom stereocenters. The Morgan fingerprint density at radius 3 is 2.77 bits per heavy atom. The topological polar surface area (TPSA) is 79.0 Å². The van der Waals surface area contributed by atoms with Crippen molar-refractivity contribution in [3.63, 3.8) is 0 Å². The second-order valence-corrected chi connectivity index (χ2v) is 11.3. The molecule has 1 saturated carbocycles. The number of piperidine rings is 1. The van der Waals surface area contributed by atoms with Gasteiger partial charge in [0.25, 0.3) is 0 Å². The van der Waals surface area contributed by atoms with Gasteiger partial charge >= 0.3 is 0 Å². The van der Waals surface area contributed by atoms with E-state index in [-0.39, 0.29) is 5.92 Å². The molecule has 0 spiro atoms. The largest absolute Gasteiger partial charge is 0.346 e. The molecule has 3 aromatic heterocycles. The van der Waals surface area contributed by atoms with Gasteiger partial charge in [0.05, 0.1) is 5.75 Å². The summed E-state index contributed by atoms with van der Waals surface area (Å²) in [6.45, 7) is 3.55. The van der Waals surface area contributed by atoms with Crippen molar-refractivity contribution >= 4 is 31.8 Å². The van der Waals surface area contributed by atoms with Crippen molar-refractivity contribution in [2.45, 2.75) is 51.4 Å². The van der Waals surface area contributed by atoms with E-state index in [1.54, 1.807) is 4.31 Å². The van der Waals surface area contributed by atoms with E-state index in [1.807, 2.05) is 24.8 Å². The summed E-state index contributed by atoms with van der Waals surface area (Å²) in [5.41, 5.74) is 2.19. The first-order valence-corrected chi connectivity index (χ1v) is 12.8. The van der Waals surface area contributed by atoms with Gasteiger partial charge in [0, 0.05) is 54.0 Å². The normalized spacial score (nSPS) is 26.4. The molecule has 2 aliphatic rings. The molecule has 5 rings (SSSR count). The van der Waals surface area contributed by atoms with Crippen molar-refractivity contribution in [2.75, 3.05) is 18.8 Å². The zero-order valence-electron chi connectivity index (χ0n) is 17.5. The number of fused-ring (bicyclic) bond motifs is 3. The van der Waals surface area contributed by atoms with E-state index >= 15 is 0 Å². The van der Waals surface area contributed by atoms with E-state index in [0.717, 1.165) is 54.9 Å². The molecule has 0 radical (unpaired) electrons. The van der Waals surface area contributed by atoms with E-state index in [4.69, 9.17) is 0 Å². The predicted molar refractivity (Wildman–Crippen MR) is 120 cm³/mol. The molecular weight excluding hydrogens is 396 g/mol. The van der Waals surface area contributed by atoms with Crippen LogP contribution < -0.4 is 0 Å². The Morgan fingerprint density at radius 2 is 1.97 bits per heavy atom. The van der Waals surface area contributed by atoms with Gasteiger partial charge in [-0.25, -0.2) is 17.7 Å². The lowest BCUT2D eigenvalue weighted by atomic mass is 9.78. The van der Waals surface area contributed by atoms with E-state index in [1.165, 1.54) is 10.9 Å². The van der Waals surface area contributed by atoms with Crippen LogP contribution >= 0.6 is 0 Å². The third kappa shape index (κ3) is 3.73. The fraction of sp³-hybridized carbons (Fsp3) is 0.565. The zero-order valence-corrected chi connectivity index (χ0v) is 18.4. The lowest BCUT2D eigenvalue weighted by molar-refractivity contribution is 0.275. The second kappa shape index (κ2) is 7.93. The number of hydrogen-bond acceptors (Lipinski definition) is 4. The van der Waals surface area contributed by atoms with Gasteiger partial charge in [0.15, 0.2) is 0 Å². The van der Waals surface area contributed by atoms with Crippen molar-refractivity contribution in [1.29, 1.82) is 0 Å². The fourth-order valence-electron chi connectivity index (χ4n) is 5.46. The maximum atomic E-state index is 12.9. The SMILES string of the molecule is CC1CCCN(S(=O)(=O)CC2CCC(c3cncc4cnc5[nH]ccc5c34)CC2)C1. The molecule has 1 unspecified atom stereocenters. The van der Waals surface area contributed by atoms with Crippen LogP contribution in [-0.4, -0.2) is 46.5 Å². The summed E-state index contributed by atoms with van der Waals surface area (Å²) >= 11 is 0. The lowest BCUT2D eigenvalue weighted by Crippen LogP contribution is -2.41. The molecule has 0 bridgehead atoms. The number of aromatic nitrogens is 3. The van der Waals surface area contributed by atoms with Crippen molar-refractivity contribution in [2.24, 2.45) is 11.8 Å². The summed E-state index contributed by atoms with van der Waals surface area (Å²) in [5.74, 6) is 1.48. The minimum atomic E-state index is -3.15. The third-order valence-electron chi connectivity index (χ3n) is 7.08. The van der Waals surface area contributed by atoms with Gasteiger partial charge in [-0.2, -0.15) is 0 Å². The fourth-order valence-corrected chi connectivity index (χ4v) is 7.49. The van der Waals surface area contributed by atoms with Gasteiger partial charge in [0.1, 0.15) is 5.65 Å². The Kier molecular flexibility index (Phi) is 5.27. The predicted octanol–water partition coefficient (Wildman–Crippen LogP) is 4.45. The number of H-pyrrole nitrogens is 1. The van der Waals surface area contributed by atoms with Crippen molar-refractivity contribution in [1.82, 2.24) is 19.3 Å². The molecule has 0 amide bonds. The average Bonchev–Trinajstić information content (AvgIpc) is 3.23. The Balaban J connectivity index is 1.31. The van der Waals surface area contributed by atoms with Crippen LogP contribution in [0, 0.1) is 11.8 Å². The zero-order chi connectivity index (χ0) is 20.7. The standard InChI is InChI=1S/C23H30N4O2S/c1-16-3-2-10-27(14-16)30(28,29)15-17-4-6-18(7-5-17)21-13-24-11-19-12-26-23-20(22(19)21)8-9-25-23/h8-9,11-13,16-18H,2-7,10,14-15H2,1H3,(H,25,26). The summed E-state index contributed by atoms with van der Waals surface area (Å²) in [7, 11) is -3.15. The van der Waals surface area contributed by atoms with E-state index < -0.39 is 10.0 Å². The number of rotatable bonds is 4.